The predicted octanol–water partition coefficient (Wildman–Crippen LogP) is 2.80. The summed E-state index contributed by atoms with van der Waals surface area (Å²) < 4.78 is 31.0. The summed E-state index contributed by atoms with van der Waals surface area (Å²) in [5.74, 6) is -0.560. The van der Waals surface area contributed by atoms with Crippen molar-refractivity contribution in [3.63, 3.8) is 0 Å². The number of ether oxygens (including phenoxy) is 1. The molecular weight excluding hydrogens is 212 g/mol. The summed E-state index contributed by atoms with van der Waals surface area (Å²) >= 11 is 0. The maximum Gasteiger partial charge on any atom is 0.128 e. The Balaban J connectivity index is 2.05. The fourth-order valence-electron chi connectivity index (χ4n) is 1.82. The van der Waals surface area contributed by atoms with E-state index in [0.29, 0.717) is 18.2 Å². The maximum atomic E-state index is 13.0. The highest BCUT2D eigenvalue weighted by atomic mass is 19.1. The first kappa shape index (κ1) is 11.3. The molecule has 0 bridgehead atoms. The zero-order valence-electron chi connectivity index (χ0n) is 9.17. The van der Waals surface area contributed by atoms with E-state index in [-0.39, 0.29) is 6.04 Å². The van der Waals surface area contributed by atoms with Gasteiger partial charge in [-0.05, 0) is 30.9 Å². The first-order valence-corrected chi connectivity index (χ1v) is 5.40. The summed E-state index contributed by atoms with van der Waals surface area (Å²) in [6.07, 6.45) is 2.30. The third kappa shape index (κ3) is 2.92. The predicted molar refractivity (Wildman–Crippen MR) is 58.4 cm³/mol. The van der Waals surface area contributed by atoms with E-state index in [2.05, 4.69) is 5.32 Å². The van der Waals surface area contributed by atoms with E-state index in [1.54, 1.807) is 7.11 Å². The van der Waals surface area contributed by atoms with Crippen LogP contribution >= 0.6 is 0 Å². The molecule has 0 heterocycles. The molecule has 0 spiro atoms. The number of nitrogens with one attached hydrogen (secondary N) is 1. The minimum atomic E-state index is -0.561. The highest BCUT2D eigenvalue weighted by molar-refractivity contribution is 5.45. The number of hydrogen-bond donors (Lipinski definition) is 1. The molecule has 0 radical (unpaired) electrons. The molecule has 16 heavy (non-hydrogen) atoms. The van der Waals surface area contributed by atoms with Gasteiger partial charge in [-0.25, -0.2) is 8.78 Å². The van der Waals surface area contributed by atoms with Crippen LogP contribution in [0.3, 0.4) is 0 Å². The zero-order valence-corrected chi connectivity index (χ0v) is 9.17. The van der Waals surface area contributed by atoms with Crippen molar-refractivity contribution in [1.82, 2.24) is 0 Å². The highest BCUT2D eigenvalue weighted by Crippen LogP contribution is 2.34. The van der Waals surface area contributed by atoms with E-state index in [1.807, 2.05) is 0 Å². The fourth-order valence-corrected chi connectivity index (χ4v) is 1.82. The molecule has 0 saturated heterocycles. The van der Waals surface area contributed by atoms with Crippen LogP contribution in [-0.2, 0) is 4.74 Å². The van der Waals surface area contributed by atoms with Gasteiger partial charge >= 0.3 is 0 Å². The van der Waals surface area contributed by atoms with E-state index in [9.17, 15) is 8.78 Å². The quantitative estimate of drug-likeness (QED) is 0.835. The number of rotatable bonds is 5. The fraction of sp³-hybridized carbons (Fsp3) is 0.500. The number of methoxy groups -OCH3 is 1. The SMILES string of the molecule is COCC(Nc1cc(F)cc(F)c1)C1CC1. The standard InChI is InChI=1S/C12H15F2NO/c1-16-7-12(8-2-3-8)15-11-5-9(13)4-10(14)6-11/h4-6,8,12,15H,2-3,7H2,1H3. The normalized spacial score (nSPS) is 17.2. The number of halogens is 2. The number of anilines is 1. The molecule has 1 saturated carbocycles. The smallest absolute Gasteiger partial charge is 0.128 e. The van der Waals surface area contributed by atoms with Crippen LogP contribution in [-0.4, -0.2) is 19.8 Å². The summed E-state index contributed by atoms with van der Waals surface area (Å²) in [6, 6.07) is 3.61. The third-order valence-electron chi connectivity index (χ3n) is 2.75. The topological polar surface area (TPSA) is 21.3 Å². The van der Waals surface area contributed by atoms with Crippen LogP contribution in [0.15, 0.2) is 18.2 Å². The maximum absolute atomic E-state index is 13.0. The average Bonchev–Trinajstić information content (AvgIpc) is 2.98. The van der Waals surface area contributed by atoms with Crippen molar-refractivity contribution >= 4 is 5.69 Å². The lowest BCUT2D eigenvalue weighted by molar-refractivity contribution is 0.179. The van der Waals surface area contributed by atoms with Crippen molar-refractivity contribution in [1.29, 1.82) is 0 Å². The molecule has 88 valence electrons. The minimum Gasteiger partial charge on any atom is -0.383 e. The van der Waals surface area contributed by atoms with Gasteiger partial charge in [0, 0.05) is 18.9 Å². The van der Waals surface area contributed by atoms with E-state index < -0.39 is 11.6 Å². The molecule has 0 amide bonds. The molecule has 4 heteroatoms. The summed E-state index contributed by atoms with van der Waals surface area (Å²) in [6.45, 7) is 0.558. The molecule has 2 nitrogen and oxygen atoms in total. The van der Waals surface area contributed by atoms with Crippen LogP contribution in [0.1, 0.15) is 12.8 Å². The molecule has 1 aromatic carbocycles. The third-order valence-corrected chi connectivity index (χ3v) is 2.75. The highest BCUT2D eigenvalue weighted by Gasteiger charge is 2.31. The van der Waals surface area contributed by atoms with Crippen LogP contribution in [0.25, 0.3) is 0 Å². The Hall–Kier alpha value is -1.16. The van der Waals surface area contributed by atoms with Crippen molar-refractivity contribution in [2.45, 2.75) is 18.9 Å². The molecule has 0 aliphatic heterocycles. The molecule has 1 aliphatic rings. The molecule has 1 atom stereocenters. The Bertz CT molecular complexity index is 346. The Kier molecular flexibility index (Phi) is 3.39. The van der Waals surface area contributed by atoms with Crippen molar-refractivity contribution in [2.24, 2.45) is 5.92 Å². The van der Waals surface area contributed by atoms with Crippen LogP contribution in [0.4, 0.5) is 14.5 Å². The molecule has 1 fully saturated rings. The van der Waals surface area contributed by atoms with Gasteiger partial charge in [-0.2, -0.15) is 0 Å². The van der Waals surface area contributed by atoms with Gasteiger partial charge < -0.3 is 10.1 Å². The summed E-state index contributed by atoms with van der Waals surface area (Å²) in [7, 11) is 1.63. The van der Waals surface area contributed by atoms with Crippen LogP contribution < -0.4 is 5.32 Å². The average molecular weight is 227 g/mol. The molecular formula is C12H15F2NO. The molecule has 0 aromatic heterocycles. The van der Waals surface area contributed by atoms with Gasteiger partial charge in [0.05, 0.1) is 12.6 Å². The second kappa shape index (κ2) is 4.78. The van der Waals surface area contributed by atoms with Crippen LogP contribution in [0.2, 0.25) is 0 Å². The van der Waals surface area contributed by atoms with Crippen LogP contribution in [0, 0.1) is 17.6 Å². The van der Waals surface area contributed by atoms with Gasteiger partial charge in [-0.3, -0.25) is 0 Å². The second-order valence-corrected chi connectivity index (χ2v) is 4.20. The lowest BCUT2D eigenvalue weighted by atomic mass is 10.2. The minimum absolute atomic E-state index is 0.145. The van der Waals surface area contributed by atoms with Crippen molar-refractivity contribution in [3.05, 3.63) is 29.8 Å². The van der Waals surface area contributed by atoms with Gasteiger partial charge in [0.1, 0.15) is 11.6 Å². The van der Waals surface area contributed by atoms with E-state index in [4.69, 9.17) is 4.74 Å². The molecule has 2 rings (SSSR count). The van der Waals surface area contributed by atoms with Crippen molar-refractivity contribution in [2.75, 3.05) is 19.0 Å². The van der Waals surface area contributed by atoms with E-state index in [0.717, 1.165) is 18.9 Å². The van der Waals surface area contributed by atoms with E-state index >= 15 is 0 Å². The Morgan fingerprint density at radius 3 is 2.44 bits per heavy atom. The van der Waals surface area contributed by atoms with Gasteiger partial charge in [0.25, 0.3) is 0 Å². The summed E-state index contributed by atoms with van der Waals surface area (Å²) in [4.78, 5) is 0. The van der Waals surface area contributed by atoms with E-state index in [1.165, 1.54) is 12.1 Å². The Morgan fingerprint density at radius 1 is 1.31 bits per heavy atom. The summed E-state index contributed by atoms with van der Waals surface area (Å²) in [5, 5.41) is 3.12. The number of benzene rings is 1. The Labute approximate surface area is 93.6 Å². The van der Waals surface area contributed by atoms with Gasteiger partial charge in [0.2, 0.25) is 0 Å². The molecule has 1 aliphatic carbocycles. The molecule has 1 N–H and O–H groups in total. The summed E-state index contributed by atoms with van der Waals surface area (Å²) in [5.41, 5.74) is 0.478. The first-order valence-electron chi connectivity index (χ1n) is 5.40. The first-order chi connectivity index (χ1) is 7.69. The number of hydrogen-bond acceptors (Lipinski definition) is 2. The zero-order chi connectivity index (χ0) is 11.5. The molecule has 1 aromatic rings. The lowest BCUT2D eigenvalue weighted by Crippen LogP contribution is -2.27. The van der Waals surface area contributed by atoms with Gasteiger partial charge in [-0.15, -0.1) is 0 Å². The van der Waals surface area contributed by atoms with Gasteiger partial charge in [-0.1, -0.05) is 0 Å². The second-order valence-electron chi connectivity index (χ2n) is 4.20. The van der Waals surface area contributed by atoms with Crippen molar-refractivity contribution in [3.8, 4) is 0 Å². The van der Waals surface area contributed by atoms with Gasteiger partial charge in [0.15, 0.2) is 0 Å². The largest absolute Gasteiger partial charge is 0.383 e. The monoisotopic (exact) mass is 227 g/mol. The molecule has 1 unspecified atom stereocenters. The van der Waals surface area contributed by atoms with Crippen molar-refractivity contribution < 1.29 is 13.5 Å². The van der Waals surface area contributed by atoms with Crippen LogP contribution in [0.5, 0.6) is 0 Å². The Morgan fingerprint density at radius 2 is 1.94 bits per heavy atom. The lowest BCUT2D eigenvalue weighted by Gasteiger charge is -2.18.